The summed E-state index contributed by atoms with van der Waals surface area (Å²) in [5.41, 5.74) is 2.49. The molecule has 0 aliphatic carbocycles. The first kappa shape index (κ1) is 14.4. The van der Waals surface area contributed by atoms with Crippen LogP contribution in [0.3, 0.4) is 0 Å². The number of halogens is 1. The first-order valence-electron chi connectivity index (χ1n) is 6.54. The number of hydrogen-bond donors (Lipinski definition) is 1. The Hall–Kier alpha value is -2.01. The Balaban J connectivity index is 2.44. The minimum absolute atomic E-state index is 0.247. The molecule has 1 heterocycles. The number of nitrogens with one attached hydrogen (secondary N) is 1. The second-order valence-corrected chi connectivity index (χ2v) is 4.40. The van der Waals surface area contributed by atoms with Crippen molar-refractivity contribution in [2.45, 2.75) is 20.5 Å². The summed E-state index contributed by atoms with van der Waals surface area (Å²) in [6, 6.07) is 6.51. The Morgan fingerprint density at radius 1 is 1.25 bits per heavy atom. The molecule has 1 aromatic carbocycles. The molecule has 0 unspecified atom stereocenters. The number of hydrogen-bond acceptors (Lipinski definition) is 4. The maximum atomic E-state index is 13.2. The van der Waals surface area contributed by atoms with Crippen molar-refractivity contribution in [3.8, 4) is 11.3 Å². The van der Waals surface area contributed by atoms with E-state index in [0.29, 0.717) is 24.9 Å². The zero-order valence-corrected chi connectivity index (χ0v) is 11.9. The van der Waals surface area contributed by atoms with E-state index in [9.17, 15) is 4.39 Å². The van der Waals surface area contributed by atoms with Crippen LogP contribution in [0.2, 0.25) is 0 Å². The summed E-state index contributed by atoms with van der Waals surface area (Å²) >= 11 is 0. The van der Waals surface area contributed by atoms with Gasteiger partial charge in [0, 0.05) is 25.3 Å². The van der Waals surface area contributed by atoms with E-state index >= 15 is 0 Å². The molecule has 0 amide bonds. The van der Waals surface area contributed by atoms with Crippen LogP contribution in [0.4, 0.5) is 10.2 Å². The van der Waals surface area contributed by atoms with Crippen molar-refractivity contribution in [2.75, 3.05) is 19.0 Å². The van der Waals surface area contributed by atoms with Crippen molar-refractivity contribution in [3.63, 3.8) is 0 Å². The van der Waals surface area contributed by atoms with E-state index in [4.69, 9.17) is 4.74 Å². The van der Waals surface area contributed by atoms with E-state index in [1.54, 1.807) is 13.1 Å². The van der Waals surface area contributed by atoms with Gasteiger partial charge < -0.3 is 10.1 Å². The molecule has 0 fully saturated rings. The number of aryl methyl sites for hydroxylation is 1. The van der Waals surface area contributed by atoms with Crippen molar-refractivity contribution in [1.82, 2.24) is 9.97 Å². The lowest BCUT2D eigenvalue weighted by Gasteiger charge is -2.10. The number of ether oxygens (including phenoxy) is 1. The fourth-order valence-electron chi connectivity index (χ4n) is 1.94. The average molecular weight is 275 g/mol. The highest BCUT2D eigenvalue weighted by atomic mass is 19.1. The molecular formula is C15H18FN3O. The highest BCUT2D eigenvalue weighted by molar-refractivity contribution is 5.66. The smallest absolute Gasteiger partial charge is 0.157 e. The van der Waals surface area contributed by atoms with Gasteiger partial charge in [-0.3, -0.25) is 0 Å². The minimum atomic E-state index is -0.247. The van der Waals surface area contributed by atoms with Crippen molar-refractivity contribution >= 4 is 5.82 Å². The van der Waals surface area contributed by atoms with Crippen LogP contribution in [0.5, 0.6) is 0 Å². The molecule has 0 atom stereocenters. The number of anilines is 1. The summed E-state index contributed by atoms with van der Waals surface area (Å²) in [4.78, 5) is 8.82. The van der Waals surface area contributed by atoms with Gasteiger partial charge in [0.2, 0.25) is 0 Å². The quantitative estimate of drug-likeness (QED) is 0.910. The zero-order chi connectivity index (χ0) is 14.5. The summed E-state index contributed by atoms with van der Waals surface area (Å²) in [5.74, 6) is 1.08. The third-order valence-electron chi connectivity index (χ3n) is 2.93. The van der Waals surface area contributed by atoms with Gasteiger partial charge in [0.05, 0.1) is 5.69 Å². The zero-order valence-electron chi connectivity index (χ0n) is 11.9. The van der Waals surface area contributed by atoms with E-state index in [1.807, 2.05) is 19.9 Å². The summed E-state index contributed by atoms with van der Waals surface area (Å²) in [6.45, 7) is 4.76. The molecule has 20 heavy (non-hydrogen) atoms. The van der Waals surface area contributed by atoms with Crippen LogP contribution in [0.15, 0.2) is 24.3 Å². The number of benzene rings is 1. The highest BCUT2D eigenvalue weighted by Crippen LogP contribution is 2.24. The first-order chi connectivity index (χ1) is 9.63. The molecule has 0 aliphatic rings. The molecule has 0 saturated carbocycles. The van der Waals surface area contributed by atoms with Gasteiger partial charge in [0.25, 0.3) is 0 Å². The summed E-state index contributed by atoms with van der Waals surface area (Å²) in [7, 11) is 1.80. The Kier molecular flexibility index (Phi) is 4.63. The lowest BCUT2D eigenvalue weighted by molar-refractivity contribution is 0.128. The summed E-state index contributed by atoms with van der Waals surface area (Å²) in [5, 5.41) is 3.00. The fraction of sp³-hybridized carbons (Fsp3) is 0.333. The van der Waals surface area contributed by atoms with Gasteiger partial charge in [-0.2, -0.15) is 0 Å². The maximum Gasteiger partial charge on any atom is 0.157 e. The van der Waals surface area contributed by atoms with E-state index in [0.717, 1.165) is 16.8 Å². The number of aromatic nitrogens is 2. The standard InChI is InChI=1S/C15H18FN3O/c1-4-20-9-15-18-13(8-14(17-3)19-15)12-6-5-11(16)7-10(12)2/h5-8H,4,9H2,1-3H3,(H,17,18,19). The monoisotopic (exact) mass is 275 g/mol. The fourth-order valence-corrected chi connectivity index (χ4v) is 1.94. The Morgan fingerprint density at radius 3 is 2.70 bits per heavy atom. The third-order valence-corrected chi connectivity index (χ3v) is 2.93. The van der Waals surface area contributed by atoms with E-state index < -0.39 is 0 Å². The van der Waals surface area contributed by atoms with Crippen LogP contribution < -0.4 is 5.32 Å². The molecule has 0 radical (unpaired) electrons. The molecule has 2 rings (SSSR count). The van der Waals surface area contributed by atoms with Crippen molar-refractivity contribution in [3.05, 3.63) is 41.5 Å². The summed E-state index contributed by atoms with van der Waals surface area (Å²) in [6.07, 6.45) is 0. The molecule has 1 aromatic heterocycles. The number of nitrogens with zero attached hydrogens (tertiary/aromatic N) is 2. The van der Waals surface area contributed by atoms with Gasteiger partial charge in [0.1, 0.15) is 18.2 Å². The van der Waals surface area contributed by atoms with Gasteiger partial charge in [-0.05, 0) is 37.6 Å². The summed E-state index contributed by atoms with van der Waals surface area (Å²) < 4.78 is 18.5. The second kappa shape index (κ2) is 6.43. The minimum Gasteiger partial charge on any atom is -0.374 e. The molecule has 0 bridgehead atoms. The molecule has 1 N–H and O–H groups in total. The van der Waals surface area contributed by atoms with E-state index in [1.165, 1.54) is 12.1 Å². The normalized spacial score (nSPS) is 10.6. The van der Waals surface area contributed by atoms with Crippen LogP contribution in [-0.4, -0.2) is 23.6 Å². The lowest BCUT2D eigenvalue weighted by atomic mass is 10.1. The van der Waals surface area contributed by atoms with E-state index in [2.05, 4.69) is 15.3 Å². The Labute approximate surface area is 118 Å². The topological polar surface area (TPSA) is 47.0 Å². The largest absolute Gasteiger partial charge is 0.374 e. The molecule has 106 valence electrons. The van der Waals surface area contributed by atoms with Gasteiger partial charge in [0.15, 0.2) is 5.82 Å². The molecule has 2 aromatic rings. The van der Waals surface area contributed by atoms with Crippen molar-refractivity contribution in [1.29, 1.82) is 0 Å². The van der Waals surface area contributed by atoms with Gasteiger partial charge in [-0.1, -0.05) is 0 Å². The highest BCUT2D eigenvalue weighted by Gasteiger charge is 2.09. The van der Waals surface area contributed by atoms with Crippen LogP contribution in [0, 0.1) is 12.7 Å². The van der Waals surface area contributed by atoms with Crippen LogP contribution >= 0.6 is 0 Å². The van der Waals surface area contributed by atoms with Gasteiger partial charge in [-0.15, -0.1) is 0 Å². The Bertz CT molecular complexity index is 602. The lowest BCUT2D eigenvalue weighted by Crippen LogP contribution is -2.04. The van der Waals surface area contributed by atoms with Crippen LogP contribution in [0.1, 0.15) is 18.3 Å². The molecule has 5 heteroatoms. The van der Waals surface area contributed by atoms with E-state index in [-0.39, 0.29) is 5.82 Å². The van der Waals surface area contributed by atoms with Crippen molar-refractivity contribution < 1.29 is 9.13 Å². The van der Waals surface area contributed by atoms with Gasteiger partial charge in [-0.25, -0.2) is 14.4 Å². The molecule has 0 saturated heterocycles. The SMILES string of the molecule is CCOCc1nc(NC)cc(-c2ccc(F)cc2C)n1. The molecule has 4 nitrogen and oxygen atoms in total. The third kappa shape index (κ3) is 3.30. The predicted octanol–water partition coefficient (Wildman–Crippen LogP) is 3.17. The number of rotatable bonds is 5. The molecule has 0 aliphatic heterocycles. The Morgan fingerprint density at radius 2 is 2.05 bits per heavy atom. The second-order valence-electron chi connectivity index (χ2n) is 4.40. The molecular weight excluding hydrogens is 257 g/mol. The van der Waals surface area contributed by atoms with Gasteiger partial charge >= 0.3 is 0 Å². The molecule has 0 spiro atoms. The van der Waals surface area contributed by atoms with Crippen molar-refractivity contribution in [2.24, 2.45) is 0 Å². The first-order valence-corrected chi connectivity index (χ1v) is 6.54. The average Bonchev–Trinajstić information content (AvgIpc) is 2.44. The maximum absolute atomic E-state index is 13.2. The van der Waals surface area contributed by atoms with Crippen LogP contribution in [-0.2, 0) is 11.3 Å². The van der Waals surface area contributed by atoms with Crippen LogP contribution in [0.25, 0.3) is 11.3 Å². The predicted molar refractivity (Wildman–Crippen MR) is 77.0 cm³/mol.